The molecule has 7 heteroatoms. The fourth-order valence-electron chi connectivity index (χ4n) is 2.47. The Hall–Kier alpha value is -3.09. The topological polar surface area (TPSA) is 75.3 Å². The van der Waals surface area contributed by atoms with Gasteiger partial charge in [0.05, 0.1) is 41.1 Å². The number of methoxy groups -OCH3 is 5. The van der Waals surface area contributed by atoms with Gasteiger partial charge >= 0.3 is 0 Å². The SMILES string of the molecule is COc1ccc(CNC(=O)c2cc(OC)c(OC)cc2OC)cc1OC. The van der Waals surface area contributed by atoms with Gasteiger partial charge in [0.1, 0.15) is 5.75 Å². The Labute approximate surface area is 152 Å². The van der Waals surface area contributed by atoms with Gasteiger partial charge in [0.25, 0.3) is 5.91 Å². The number of carbonyl (C=O) groups is 1. The summed E-state index contributed by atoms with van der Waals surface area (Å²) in [6, 6.07) is 8.65. The van der Waals surface area contributed by atoms with Gasteiger partial charge in [-0.1, -0.05) is 6.07 Å². The molecule has 26 heavy (non-hydrogen) atoms. The first kappa shape index (κ1) is 19.2. The summed E-state index contributed by atoms with van der Waals surface area (Å²) in [5.41, 5.74) is 1.22. The van der Waals surface area contributed by atoms with Crippen molar-refractivity contribution in [2.24, 2.45) is 0 Å². The van der Waals surface area contributed by atoms with E-state index in [0.29, 0.717) is 40.9 Å². The summed E-state index contributed by atoms with van der Waals surface area (Å²) in [5, 5.41) is 2.86. The quantitative estimate of drug-likeness (QED) is 0.779. The Morgan fingerprint density at radius 2 is 1.27 bits per heavy atom. The molecule has 0 fully saturated rings. The van der Waals surface area contributed by atoms with Crippen molar-refractivity contribution in [2.45, 2.75) is 6.54 Å². The van der Waals surface area contributed by atoms with Crippen LogP contribution in [0.1, 0.15) is 15.9 Å². The predicted molar refractivity (Wildman–Crippen MR) is 96.8 cm³/mol. The lowest BCUT2D eigenvalue weighted by Gasteiger charge is -2.14. The maximum atomic E-state index is 12.6. The van der Waals surface area contributed by atoms with Crippen LogP contribution in [0.2, 0.25) is 0 Å². The number of nitrogens with one attached hydrogen (secondary N) is 1. The molecule has 0 spiro atoms. The molecule has 0 heterocycles. The zero-order valence-corrected chi connectivity index (χ0v) is 15.5. The van der Waals surface area contributed by atoms with Crippen LogP contribution < -0.4 is 29.0 Å². The summed E-state index contributed by atoms with van der Waals surface area (Å²) in [5.74, 6) is 2.27. The zero-order valence-electron chi connectivity index (χ0n) is 15.5. The number of hydrogen-bond donors (Lipinski definition) is 1. The molecule has 7 nitrogen and oxygen atoms in total. The molecule has 0 aliphatic carbocycles. The van der Waals surface area contributed by atoms with Crippen LogP contribution in [-0.2, 0) is 6.54 Å². The van der Waals surface area contributed by atoms with Crippen molar-refractivity contribution in [3.8, 4) is 28.7 Å². The van der Waals surface area contributed by atoms with E-state index in [-0.39, 0.29) is 5.91 Å². The average molecular weight is 361 g/mol. The molecule has 0 aromatic heterocycles. The lowest BCUT2D eigenvalue weighted by Crippen LogP contribution is -2.23. The largest absolute Gasteiger partial charge is 0.496 e. The standard InChI is InChI=1S/C19H23NO6/c1-22-14-7-6-12(8-16(14)24-3)11-20-19(21)13-9-17(25-4)18(26-5)10-15(13)23-2/h6-10H,11H2,1-5H3,(H,20,21). The summed E-state index contributed by atoms with van der Waals surface area (Å²) >= 11 is 0. The second-order valence-electron chi connectivity index (χ2n) is 5.28. The van der Waals surface area contributed by atoms with Gasteiger partial charge in [0.15, 0.2) is 23.0 Å². The highest BCUT2D eigenvalue weighted by Gasteiger charge is 2.17. The molecule has 0 atom stereocenters. The summed E-state index contributed by atoms with van der Waals surface area (Å²) in [6.45, 7) is 0.316. The minimum Gasteiger partial charge on any atom is -0.496 e. The number of carbonyl (C=O) groups excluding carboxylic acids is 1. The number of hydrogen-bond acceptors (Lipinski definition) is 6. The third-order valence-corrected chi connectivity index (χ3v) is 3.85. The van der Waals surface area contributed by atoms with E-state index in [2.05, 4.69) is 5.32 Å². The molecular weight excluding hydrogens is 338 g/mol. The Balaban J connectivity index is 2.20. The monoisotopic (exact) mass is 361 g/mol. The van der Waals surface area contributed by atoms with E-state index in [1.54, 1.807) is 32.4 Å². The van der Waals surface area contributed by atoms with Crippen molar-refractivity contribution >= 4 is 5.91 Å². The first-order chi connectivity index (χ1) is 12.6. The van der Waals surface area contributed by atoms with Crippen LogP contribution >= 0.6 is 0 Å². The van der Waals surface area contributed by atoms with Crippen LogP contribution in [0.25, 0.3) is 0 Å². The maximum absolute atomic E-state index is 12.6. The van der Waals surface area contributed by atoms with Crippen LogP contribution in [0.4, 0.5) is 0 Å². The van der Waals surface area contributed by atoms with Crippen molar-refractivity contribution in [3.63, 3.8) is 0 Å². The van der Waals surface area contributed by atoms with Crippen LogP contribution in [0.5, 0.6) is 28.7 Å². The first-order valence-corrected chi connectivity index (χ1v) is 7.87. The van der Waals surface area contributed by atoms with Gasteiger partial charge in [-0.2, -0.15) is 0 Å². The highest BCUT2D eigenvalue weighted by molar-refractivity contribution is 5.97. The fourth-order valence-corrected chi connectivity index (χ4v) is 2.47. The highest BCUT2D eigenvalue weighted by atomic mass is 16.5. The molecule has 0 saturated carbocycles. The van der Waals surface area contributed by atoms with E-state index in [4.69, 9.17) is 23.7 Å². The minimum atomic E-state index is -0.294. The van der Waals surface area contributed by atoms with Crippen molar-refractivity contribution in [2.75, 3.05) is 35.5 Å². The Kier molecular flexibility index (Phi) is 6.54. The average Bonchev–Trinajstić information content (AvgIpc) is 2.70. The highest BCUT2D eigenvalue weighted by Crippen LogP contribution is 2.34. The van der Waals surface area contributed by atoms with E-state index in [1.807, 2.05) is 12.1 Å². The number of amides is 1. The molecule has 1 N–H and O–H groups in total. The summed E-state index contributed by atoms with van der Waals surface area (Å²) < 4.78 is 26.3. The molecule has 0 aliphatic rings. The number of rotatable bonds is 8. The fraction of sp³-hybridized carbons (Fsp3) is 0.316. The molecule has 2 aromatic carbocycles. The number of benzene rings is 2. The Bertz CT molecular complexity index is 775. The molecule has 2 rings (SSSR count). The van der Waals surface area contributed by atoms with Crippen molar-refractivity contribution in [3.05, 3.63) is 41.5 Å². The van der Waals surface area contributed by atoms with Crippen molar-refractivity contribution in [1.82, 2.24) is 5.32 Å². The minimum absolute atomic E-state index is 0.294. The third-order valence-electron chi connectivity index (χ3n) is 3.85. The smallest absolute Gasteiger partial charge is 0.255 e. The molecular formula is C19H23NO6. The van der Waals surface area contributed by atoms with Crippen LogP contribution in [0.15, 0.2) is 30.3 Å². The van der Waals surface area contributed by atoms with E-state index < -0.39 is 0 Å². The van der Waals surface area contributed by atoms with Crippen LogP contribution in [0, 0.1) is 0 Å². The summed E-state index contributed by atoms with van der Waals surface area (Å²) in [7, 11) is 7.66. The molecule has 0 bridgehead atoms. The third kappa shape index (κ3) is 4.11. The van der Waals surface area contributed by atoms with Gasteiger partial charge in [0.2, 0.25) is 0 Å². The van der Waals surface area contributed by atoms with Crippen molar-refractivity contribution < 1.29 is 28.5 Å². The van der Waals surface area contributed by atoms with Crippen LogP contribution in [0.3, 0.4) is 0 Å². The van der Waals surface area contributed by atoms with E-state index in [0.717, 1.165) is 5.56 Å². The summed E-state index contributed by atoms with van der Waals surface area (Å²) in [4.78, 5) is 12.6. The molecule has 0 unspecified atom stereocenters. The van der Waals surface area contributed by atoms with Crippen molar-refractivity contribution in [1.29, 1.82) is 0 Å². The van der Waals surface area contributed by atoms with Gasteiger partial charge in [-0.05, 0) is 17.7 Å². The van der Waals surface area contributed by atoms with Gasteiger partial charge in [-0.15, -0.1) is 0 Å². The molecule has 0 aliphatic heterocycles. The predicted octanol–water partition coefficient (Wildman–Crippen LogP) is 2.66. The lowest BCUT2D eigenvalue weighted by atomic mass is 10.1. The van der Waals surface area contributed by atoms with Crippen LogP contribution in [-0.4, -0.2) is 41.5 Å². The second-order valence-corrected chi connectivity index (χ2v) is 5.28. The summed E-state index contributed by atoms with van der Waals surface area (Å²) in [6.07, 6.45) is 0. The second kappa shape index (κ2) is 8.84. The van der Waals surface area contributed by atoms with Gasteiger partial charge < -0.3 is 29.0 Å². The van der Waals surface area contributed by atoms with Gasteiger partial charge in [-0.25, -0.2) is 0 Å². The van der Waals surface area contributed by atoms with Gasteiger partial charge in [-0.3, -0.25) is 4.79 Å². The molecule has 2 aromatic rings. The molecule has 0 radical (unpaired) electrons. The molecule has 1 amide bonds. The van der Waals surface area contributed by atoms with E-state index >= 15 is 0 Å². The lowest BCUT2D eigenvalue weighted by molar-refractivity contribution is 0.0947. The van der Waals surface area contributed by atoms with E-state index in [9.17, 15) is 4.79 Å². The zero-order chi connectivity index (χ0) is 19.1. The molecule has 0 saturated heterocycles. The Morgan fingerprint density at radius 1 is 0.731 bits per heavy atom. The normalized spacial score (nSPS) is 10.0. The number of ether oxygens (including phenoxy) is 5. The maximum Gasteiger partial charge on any atom is 0.255 e. The Morgan fingerprint density at radius 3 is 1.85 bits per heavy atom. The first-order valence-electron chi connectivity index (χ1n) is 7.87. The molecule has 140 valence electrons. The van der Waals surface area contributed by atoms with Gasteiger partial charge in [0, 0.05) is 18.7 Å². The van der Waals surface area contributed by atoms with E-state index in [1.165, 1.54) is 21.3 Å².